The smallest absolute Gasteiger partial charge is 0.328 e. The van der Waals surface area contributed by atoms with Crippen molar-refractivity contribution in [2.24, 2.45) is 0 Å². The minimum atomic E-state index is -3.25. The Morgan fingerprint density at radius 3 is 2.55 bits per heavy atom. The quantitative estimate of drug-likeness (QED) is 0.366. The summed E-state index contributed by atoms with van der Waals surface area (Å²) in [6, 6.07) is 5.71. The van der Waals surface area contributed by atoms with E-state index in [0.29, 0.717) is 0 Å². The van der Waals surface area contributed by atoms with Crippen LogP contribution in [-0.2, 0) is 9.09 Å². The van der Waals surface area contributed by atoms with Gasteiger partial charge in [-0.25, -0.2) is 0 Å². The van der Waals surface area contributed by atoms with Gasteiger partial charge in [0.15, 0.2) is 0 Å². The Kier molecular flexibility index (Phi) is 8.35. The number of nitro benzene ring substituents is 1. The Labute approximate surface area is 129 Å². The molecule has 0 saturated heterocycles. The second-order valence-electron chi connectivity index (χ2n) is 4.42. The standard InChI is InChI=1S/C7H5N3O2.C6H15O3P/c8-4-5-1-2-6(9)7(3-5)10(11)12;1-4-6(3)9-10(7,8)5-2/h1-3H,9H2;6H,4-5H2,1-3H3,(H,7,8). The van der Waals surface area contributed by atoms with E-state index in [-0.39, 0.29) is 29.2 Å². The third-order valence-corrected chi connectivity index (χ3v) is 4.16. The average molecular weight is 329 g/mol. The fourth-order valence-electron chi connectivity index (χ4n) is 1.20. The molecule has 3 N–H and O–H groups in total. The summed E-state index contributed by atoms with van der Waals surface area (Å²) in [5, 5.41) is 18.7. The molecule has 0 bridgehead atoms. The van der Waals surface area contributed by atoms with Gasteiger partial charge in [-0.3, -0.25) is 14.7 Å². The van der Waals surface area contributed by atoms with Crippen LogP contribution in [-0.4, -0.2) is 22.1 Å². The molecule has 0 saturated carbocycles. The van der Waals surface area contributed by atoms with Crippen LogP contribution in [0, 0.1) is 21.4 Å². The highest BCUT2D eigenvalue weighted by Crippen LogP contribution is 2.42. The third kappa shape index (κ3) is 7.18. The van der Waals surface area contributed by atoms with Gasteiger partial charge in [0.05, 0.1) is 22.7 Å². The number of nitro groups is 1. The molecule has 0 heterocycles. The second-order valence-corrected chi connectivity index (χ2v) is 6.54. The minimum absolute atomic E-state index is 0.0685. The molecule has 0 aliphatic rings. The molecule has 2 unspecified atom stereocenters. The Balaban J connectivity index is 0.000000409. The van der Waals surface area contributed by atoms with E-state index in [1.807, 2.05) is 6.92 Å². The largest absolute Gasteiger partial charge is 0.393 e. The number of benzene rings is 1. The zero-order valence-electron chi connectivity index (χ0n) is 12.7. The molecule has 0 aliphatic carbocycles. The second kappa shape index (κ2) is 9.15. The molecular weight excluding hydrogens is 309 g/mol. The van der Waals surface area contributed by atoms with Crippen LogP contribution in [0.15, 0.2) is 18.2 Å². The minimum Gasteiger partial charge on any atom is -0.393 e. The summed E-state index contributed by atoms with van der Waals surface area (Å²) < 4.78 is 15.7. The van der Waals surface area contributed by atoms with Crippen molar-refractivity contribution >= 4 is 19.0 Å². The van der Waals surface area contributed by atoms with Gasteiger partial charge >= 0.3 is 7.60 Å². The molecule has 9 heteroatoms. The van der Waals surface area contributed by atoms with Gasteiger partial charge in [0.2, 0.25) is 0 Å². The maximum atomic E-state index is 10.9. The lowest BCUT2D eigenvalue weighted by Gasteiger charge is -2.14. The Morgan fingerprint density at radius 2 is 2.14 bits per heavy atom. The highest BCUT2D eigenvalue weighted by atomic mass is 31.2. The topological polar surface area (TPSA) is 139 Å². The van der Waals surface area contributed by atoms with Crippen molar-refractivity contribution in [2.45, 2.75) is 33.3 Å². The molecule has 1 rings (SSSR count). The number of anilines is 1. The molecule has 2 atom stereocenters. The number of hydrogen-bond acceptors (Lipinski definition) is 6. The first-order valence-corrected chi connectivity index (χ1v) is 8.37. The van der Waals surface area contributed by atoms with Crippen LogP contribution >= 0.6 is 7.60 Å². The maximum Gasteiger partial charge on any atom is 0.328 e. The maximum absolute atomic E-state index is 10.9. The van der Waals surface area contributed by atoms with Gasteiger partial charge in [0, 0.05) is 12.2 Å². The van der Waals surface area contributed by atoms with Gasteiger partial charge in [-0.05, 0) is 25.5 Å². The van der Waals surface area contributed by atoms with Crippen molar-refractivity contribution in [1.82, 2.24) is 0 Å². The van der Waals surface area contributed by atoms with E-state index in [1.165, 1.54) is 12.1 Å². The molecule has 0 amide bonds. The zero-order valence-corrected chi connectivity index (χ0v) is 13.6. The molecule has 1 aromatic rings. The molecule has 0 aliphatic heterocycles. The highest BCUT2D eigenvalue weighted by Gasteiger charge is 2.18. The monoisotopic (exact) mass is 329 g/mol. The Bertz CT molecular complexity index is 600. The summed E-state index contributed by atoms with van der Waals surface area (Å²) in [7, 11) is -3.25. The van der Waals surface area contributed by atoms with E-state index in [1.54, 1.807) is 19.9 Å². The van der Waals surface area contributed by atoms with Gasteiger partial charge in [-0.15, -0.1) is 0 Å². The van der Waals surface area contributed by atoms with Gasteiger partial charge in [-0.1, -0.05) is 13.8 Å². The fraction of sp³-hybridized carbons (Fsp3) is 0.462. The van der Waals surface area contributed by atoms with Crippen LogP contribution in [0.5, 0.6) is 0 Å². The van der Waals surface area contributed by atoms with Gasteiger partial charge in [0.1, 0.15) is 5.69 Å². The highest BCUT2D eigenvalue weighted by molar-refractivity contribution is 7.52. The molecule has 0 fully saturated rings. The van der Waals surface area contributed by atoms with Gasteiger partial charge in [0.25, 0.3) is 5.69 Å². The molecule has 22 heavy (non-hydrogen) atoms. The predicted molar refractivity (Wildman–Crippen MR) is 83.4 cm³/mol. The summed E-state index contributed by atoms with van der Waals surface area (Å²) in [5.74, 6) is 0. The van der Waals surface area contributed by atoms with Crippen LogP contribution in [0.2, 0.25) is 0 Å². The average Bonchev–Trinajstić information content (AvgIpc) is 2.47. The first kappa shape index (κ1) is 20.1. The number of nitrogens with zero attached hydrogens (tertiary/aromatic N) is 2. The third-order valence-electron chi connectivity index (χ3n) is 2.68. The molecule has 0 aromatic heterocycles. The number of hydrogen-bond donors (Lipinski definition) is 2. The van der Waals surface area contributed by atoms with Crippen LogP contribution < -0.4 is 5.73 Å². The number of rotatable bonds is 5. The van der Waals surface area contributed by atoms with Gasteiger partial charge in [-0.2, -0.15) is 5.26 Å². The van der Waals surface area contributed by atoms with Crippen LogP contribution in [0.4, 0.5) is 11.4 Å². The lowest BCUT2D eigenvalue weighted by molar-refractivity contribution is -0.383. The molecular formula is C13H20N3O5P. The SMILES string of the molecule is CCC(C)OP(=O)(O)CC.N#Cc1ccc(N)c([N+](=O)[O-])c1. The van der Waals surface area contributed by atoms with E-state index in [4.69, 9.17) is 20.4 Å². The van der Waals surface area contributed by atoms with E-state index in [0.717, 1.165) is 12.5 Å². The van der Waals surface area contributed by atoms with Crippen LogP contribution in [0.25, 0.3) is 0 Å². The van der Waals surface area contributed by atoms with Crippen molar-refractivity contribution in [3.05, 3.63) is 33.9 Å². The normalized spacial score (nSPS) is 14.0. The first-order chi connectivity index (χ1) is 10.2. The van der Waals surface area contributed by atoms with Crippen molar-refractivity contribution in [3.63, 3.8) is 0 Å². The predicted octanol–water partition coefficient (Wildman–Crippen LogP) is 3.06. The molecule has 0 radical (unpaired) electrons. The van der Waals surface area contributed by atoms with Crippen LogP contribution in [0.3, 0.4) is 0 Å². The zero-order chi connectivity index (χ0) is 17.3. The summed E-state index contributed by atoms with van der Waals surface area (Å²) in [6.07, 6.45) is 0.845. The fourth-order valence-corrected chi connectivity index (χ4v) is 2.06. The Morgan fingerprint density at radius 1 is 1.55 bits per heavy atom. The Hall–Kier alpha value is -1.94. The molecule has 8 nitrogen and oxygen atoms in total. The number of nitriles is 1. The van der Waals surface area contributed by atoms with Gasteiger partial charge < -0.3 is 15.2 Å². The number of nitrogens with two attached hydrogens (primary N) is 1. The first-order valence-electron chi connectivity index (χ1n) is 6.61. The summed E-state index contributed by atoms with van der Waals surface area (Å²) >= 11 is 0. The summed E-state index contributed by atoms with van der Waals surface area (Å²) in [6.45, 7) is 5.35. The van der Waals surface area contributed by atoms with Crippen molar-refractivity contribution in [2.75, 3.05) is 11.9 Å². The lowest BCUT2D eigenvalue weighted by atomic mass is 10.2. The van der Waals surface area contributed by atoms with E-state index < -0.39 is 12.5 Å². The molecule has 1 aromatic carbocycles. The van der Waals surface area contributed by atoms with Crippen molar-refractivity contribution in [1.29, 1.82) is 5.26 Å². The molecule has 0 spiro atoms. The van der Waals surface area contributed by atoms with E-state index in [2.05, 4.69) is 0 Å². The summed E-state index contributed by atoms with van der Waals surface area (Å²) in [4.78, 5) is 18.6. The van der Waals surface area contributed by atoms with E-state index >= 15 is 0 Å². The van der Waals surface area contributed by atoms with Crippen molar-refractivity contribution in [3.8, 4) is 6.07 Å². The lowest BCUT2D eigenvalue weighted by Crippen LogP contribution is -2.04. The number of nitrogen functional groups attached to an aromatic ring is 1. The summed E-state index contributed by atoms with van der Waals surface area (Å²) in [5.41, 5.74) is 5.37. The van der Waals surface area contributed by atoms with Crippen LogP contribution in [0.1, 0.15) is 32.8 Å². The van der Waals surface area contributed by atoms with Crippen molar-refractivity contribution < 1.29 is 18.9 Å². The van der Waals surface area contributed by atoms with E-state index in [9.17, 15) is 14.7 Å². The molecule has 122 valence electrons.